The first-order valence-electron chi connectivity index (χ1n) is 22.9. The number of ether oxygens (including phenoxy) is 4. The zero-order valence-electron chi connectivity index (χ0n) is 39.8. The average molecular weight is 909 g/mol. The Bertz CT molecular complexity index is 2630. The summed E-state index contributed by atoms with van der Waals surface area (Å²) in [5.74, 6) is 4.90. The minimum absolute atomic E-state index is 0.00474. The van der Waals surface area contributed by atoms with E-state index < -0.39 is 43.5 Å². The molecule has 0 unspecified atom stereocenters. The van der Waals surface area contributed by atoms with Crippen molar-refractivity contribution >= 4 is 53.2 Å². The number of likely N-dealkylation sites (N-methyl/N-ethyl adjacent to an activating group) is 1. The van der Waals surface area contributed by atoms with Crippen LogP contribution in [0.4, 0.5) is 25.0 Å². The molecule has 4 aliphatic rings. The first-order valence-corrected chi connectivity index (χ1v) is 25.1. The maximum absolute atomic E-state index is 18.1. The zero-order valence-corrected chi connectivity index (χ0v) is 40.8. The fourth-order valence-corrected chi connectivity index (χ4v) is 16.3. The van der Waals surface area contributed by atoms with Gasteiger partial charge in [0.05, 0.1) is 30.4 Å². The Morgan fingerprint density at radius 1 is 1.03 bits per heavy atom. The van der Waals surface area contributed by atoms with Crippen LogP contribution >= 0.6 is 0 Å². The number of hydrogen-bond donors (Lipinski definition) is 0. The van der Waals surface area contributed by atoms with Crippen LogP contribution in [0.25, 0.3) is 32.9 Å². The second-order valence-corrected chi connectivity index (χ2v) is 25.7. The van der Waals surface area contributed by atoms with E-state index in [0.717, 1.165) is 19.4 Å². The van der Waals surface area contributed by atoms with Gasteiger partial charge < -0.3 is 33.6 Å². The number of carbonyl (C=O) groups is 1. The number of pyridine rings is 2. The second-order valence-electron chi connectivity index (χ2n) is 20.1. The van der Waals surface area contributed by atoms with Crippen molar-refractivity contribution in [2.75, 3.05) is 56.9 Å². The smallest absolute Gasteiger partial charge is 0.410 e. The van der Waals surface area contributed by atoms with Gasteiger partial charge in [0.25, 0.3) is 0 Å². The van der Waals surface area contributed by atoms with Crippen molar-refractivity contribution in [1.29, 1.82) is 0 Å². The van der Waals surface area contributed by atoms with E-state index in [4.69, 9.17) is 28.9 Å². The number of aromatic nitrogens is 2. The van der Waals surface area contributed by atoms with Gasteiger partial charge in [0.2, 0.25) is 5.88 Å². The lowest BCUT2D eigenvalue weighted by Crippen LogP contribution is -2.65. The highest BCUT2D eigenvalue weighted by Gasteiger charge is 2.50. The number of piperazine rings is 1. The van der Waals surface area contributed by atoms with Gasteiger partial charge in [0.15, 0.2) is 12.6 Å². The highest BCUT2D eigenvalue weighted by atomic mass is 28.3. The number of methoxy groups -OCH3 is 1. The van der Waals surface area contributed by atoms with Crippen LogP contribution in [-0.2, 0) is 14.3 Å². The molecule has 4 atom stereocenters. The van der Waals surface area contributed by atoms with Crippen LogP contribution in [0.5, 0.6) is 11.6 Å². The Hall–Kier alpha value is -5.26. The summed E-state index contributed by atoms with van der Waals surface area (Å²) in [4.78, 5) is 44.6. The van der Waals surface area contributed by atoms with Crippen LogP contribution in [0.3, 0.4) is 0 Å². The third-order valence-corrected chi connectivity index (χ3v) is 20.4. The minimum atomic E-state index is -2.34. The molecule has 12 nitrogen and oxygen atoms in total. The maximum Gasteiger partial charge on any atom is 0.410 e. The molecular weight excluding hydrogens is 847 g/mol. The van der Waals surface area contributed by atoms with Gasteiger partial charge >= 0.3 is 6.09 Å². The number of fused-ring (bicyclic) bond motifs is 5. The Labute approximate surface area is 382 Å². The standard InChI is InChI=1S/C50H62F2N6O6Si/c1-28(2)65(29(3)4,30(5)6)19-17-34-37(51)16-15-32-20-33(62-27-61-12)21-35(42(32)34)44-43(52)45-36(22-53-44)46-47-48(54-45)63-41(38-14-13-18-55(38)11)25-58(47)40(26-59)39-24-56(31(7)23-57(39)46)49(60)64-50(8,9)10/h15-16,20-22,28-31,38-39,41H,13-14,18,23-25,27H2,1-12H3/t31-,38+,39-,41-/m1/s1. The van der Waals surface area contributed by atoms with Crippen molar-refractivity contribution < 1.29 is 37.3 Å². The van der Waals surface area contributed by atoms with Crippen LogP contribution < -0.4 is 19.3 Å². The molecule has 4 aliphatic heterocycles. The Balaban J connectivity index is 1.37. The highest BCUT2D eigenvalue weighted by molar-refractivity contribution is 6.90. The summed E-state index contributed by atoms with van der Waals surface area (Å²) in [5.41, 5.74) is 5.69. The number of rotatable bonds is 8. The van der Waals surface area contributed by atoms with Gasteiger partial charge in [-0.3, -0.25) is 9.88 Å². The summed E-state index contributed by atoms with van der Waals surface area (Å²) < 4.78 is 58.3. The molecule has 2 aromatic heterocycles. The fraction of sp³-hybridized carbons (Fsp3) is 0.540. The van der Waals surface area contributed by atoms with Crippen molar-refractivity contribution in [2.24, 2.45) is 0 Å². The van der Waals surface area contributed by atoms with E-state index in [1.165, 1.54) is 13.2 Å². The number of likely N-dealkylation sites (tertiary alicyclic amines) is 1. The van der Waals surface area contributed by atoms with Crippen LogP contribution in [0, 0.1) is 23.1 Å². The molecule has 0 radical (unpaired) electrons. The topological polar surface area (TPSA) is 110 Å². The number of benzene rings is 2. The zero-order chi connectivity index (χ0) is 46.9. The van der Waals surface area contributed by atoms with Gasteiger partial charge in [-0.15, -0.1) is 5.54 Å². The molecule has 6 heterocycles. The molecule has 0 N–H and O–H groups in total. The molecule has 65 heavy (non-hydrogen) atoms. The van der Waals surface area contributed by atoms with E-state index >= 15 is 8.78 Å². The number of carbonyl (C=O) groups excluding carboxylic acids is 2. The lowest BCUT2D eigenvalue weighted by Gasteiger charge is -2.53. The van der Waals surface area contributed by atoms with Crippen LogP contribution in [0.2, 0.25) is 16.6 Å². The highest BCUT2D eigenvalue weighted by Crippen LogP contribution is 2.53. The molecule has 8 rings (SSSR count). The largest absolute Gasteiger partial charge is 0.469 e. The third-order valence-electron chi connectivity index (χ3n) is 14.1. The fourth-order valence-electron chi connectivity index (χ4n) is 11.1. The molecule has 0 aliphatic carbocycles. The van der Waals surface area contributed by atoms with E-state index in [-0.39, 0.29) is 60.2 Å². The average Bonchev–Trinajstić information content (AvgIpc) is 3.68. The van der Waals surface area contributed by atoms with Gasteiger partial charge in [-0.1, -0.05) is 53.5 Å². The Morgan fingerprint density at radius 2 is 1.75 bits per heavy atom. The predicted octanol–water partition coefficient (Wildman–Crippen LogP) is 9.49. The first-order chi connectivity index (χ1) is 30.8. The lowest BCUT2D eigenvalue weighted by atomic mass is 9.93. The number of anilines is 2. The molecule has 4 aromatic rings. The number of amides is 1. The minimum Gasteiger partial charge on any atom is -0.469 e. The van der Waals surface area contributed by atoms with Crippen LogP contribution in [-0.4, -0.2) is 117 Å². The Morgan fingerprint density at radius 3 is 2.38 bits per heavy atom. The van der Waals surface area contributed by atoms with E-state index in [1.807, 2.05) is 37.5 Å². The van der Waals surface area contributed by atoms with Crippen LogP contribution in [0.1, 0.15) is 87.6 Å². The monoisotopic (exact) mass is 908 g/mol. The third kappa shape index (κ3) is 8.00. The quantitative estimate of drug-likeness (QED) is 0.0730. The maximum atomic E-state index is 18.1. The van der Waals surface area contributed by atoms with E-state index in [1.54, 1.807) is 29.3 Å². The molecule has 1 amide bonds. The van der Waals surface area contributed by atoms with Crippen molar-refractivity contribution in [3.05, 3.63) is 53.4 Å². The molecule has 2 saturated heterocycles. The van der Waals surface area contributed by atoms with Crippen molar-refractivity contribution in [1.82, 2.24) is 19.8 Å². The summed E-state index contributed by atoms with van der Waals surface area (Å²) in [6.07, 6.45) is 2.54. The van der Waals surface area contributed by atoms with Crippen molar-refractivity contribution in [3.8, 4) is 34.4 Å². The van der Waals surface area contributed by atoms with Crippen molar-refractivity contribution in [3.63, 3.8) is 0 Å². The van der Waals surface area contributed by atoms with E-state index in [0.29, 0.717) is 62.1 Å². The molecular formula is C50H62F2N6O6Si. The molecule has 2 aromatic carbocycles. The number of nitrogens with zero attached hydrogens (tertiary/aromatic N) is 6. The molecule has 0 bridgehead atoms. The van der Waals surface area contributed by atoms with Gasteiger partial charge in [-0.05, 0) is 94.3 Å². The summed E-state index contributed by atoms with van der Waals surface area (Å²) in [7, 11) is 1.23. The SMILES string of the molecule is COCOc1cc(-c2ncc3c4c5c(nc3c2F)O[C@@H]([C@@H]2CCCN2C)CN5C(=C=O)[C@H]2CN(C(=O)OC(C)(C)C)[C@H](C)CN42)c2c(C#C[Si](C(C)C)(C(C)C)C(C)C)c(F)ccc2c1. The van der Waals surface area contributed by atoms with Crippen LogP contribution in [0.15, 0.2) is 36.2 Å². The predicted molar refractivity (Wildman–Crippen MR) is 253 cm³/mol. The van der Waals surface area contributed by atoms with E-state index in [2.05, 4.69) is 70.9 Å². The molecule has 0 spiro atoms. The lowest BCUT2D eigenvalue weighted by molar-refractivity contribution is 0.0132. The normalized spacial score (nSPS) is 21.1. The van der Waals surface area contributed by atoms with Gasteiger partial charge in [-0.2, -0.15) is 0 Å². The van der Waals surface area contributed by atoms with E-state index in [9.17, 15) is 9.59 Å². The van der Waals surface area contributed by atoms with Gasteiger partial charge in [-0.25, -0.2) is 23.4 Å². The number of hydrogen-bond acceptors (Lipinski definition) is 11. The summed E-state index contributed by atoms with van der Waals surface area (Å²) >= 11 is 0. The second kappa shape index (κ2) is 17.5. The van der Waals surface area contributed by atoms with Gasteiger partial charge in [0.1, 0.15) is 59.9 Å². The molecule has 15 heteroatoms. The summed E-state index contributed by atoms with van der Waals surface area (Å²) in [6, 6.07) is 5.47. The molecule has 0 saturated carbocycles. The van der Waals surface area contributed by atoms with Gasteiger partial charge in [0, 0.05) is 48.3 Å². The number of halogens is 2. The molecule has 2 fully saturated rings. The Kier molecular flexibility index (Phi) is 12.5. The van der Waals surface area contributed by atoms with Crippen molar-refractivity contribution in [2.45, 2.75) is 129 Å². The molecule has 346 valence electrons. The summed E-state index contributed by atoms with van der Waals surface area (Å²) in [5, 5.41) is 1.40. The summed E-state index contributed by atoms with van der Waals surface area (Å²) in [6.45, 7) is 22.2. The first kappa shape index (κ1) is 46.3.